The summed E-state index contributed by atoms with van der Waals surface area (Å²) < 4.78 is 0. The molecule has 1 amide bonds. The fourth-order valence-corrected chi connectivity index (χ4v) is 2.81. The summed E-state index contributed by atoms with van der Waals surface area (Å²) in [6, 6.07) is 18.9. The van der Waals surface area contributed by atoms with Crippen LogP contribution in [-0.4, -0.2) is 12.5 Å². The molecule has 0 unspecified atom stereocenters. The van der Waals surface area contributed by atoms with Gasteiger partial charge in [-0.3, -0.25) is 4.79 Å². The summed E-state index contributed by atoms with van der Waals surface area (Å²) >= 11 is 0. The number of carbonyl (C=O) groups is 1. The van der Waals surface area contributed by atoms with Crippen molar-refractivity contribution in [3.05, 3.63) is 60.2 Å². The number of hydrogen-bond donors (Lipinski definition) is 1. The van der Waals surface area contributed by atoms with E-state index in [1.807, 2.05) is 13.0 Å². The van der Waals surface area contributed by atoms with E-state index < -0.39 is 0 Å². The Labute approximate surface area is 139 Å². The zero-order valence-electron chi connectivity index (χ0n) is 14.4. The van der Waals surface area contributed by atoms with E-state index in [1.54, 1.807) is 0 Å². The SMILES string of the molecule is CC(C)C[C@H](C)C(=O)NCCc1ccc(-c2ccccc2)cc1. The molecule has 0 fully saturated rings. The highest BCUT2D eigenvalue weighted by Crippen LogP contribution is 2.19. The molecule has 2 rings (SSSR count). The number of carbonyl (C=O) groups excluding carboxylic acids is 1. The maximum absolute atomic E-state index is 12.0. The van der Waals surface area contributed by atoms with Crippen LogP contribution in [0.2, 0.25) is 0 Å². The molecule has 23 heavy (non-hydrogen) atoms. The number of hydrogen-bond acceptors (Lipinski definition) is 1. The normalized spacial score (nSPS) is 12.2. The van der Waals surface area contributed by atoms with E-state index in [-0.39, 0.29) is 11.8 Å². The van der Waals surface area contributed by atoms with Crippen molar-refractivity contribution in [1.29, 1.82) is 0 Å². The monoisotopic (exact) mass is 309 g/mol. The van der Waals surface area contributed by atoms with Crippen LogP contribution in [0.1, 0.15) is 32.8 Å². The molecule has 0 aliphatic carbocycles. The molecular weight excluding hydrogens is 282 g/mol. The topological polar surface area (TPSA) is 29.1 Å². The molecule has 2 heteroatoms. The first kappa shape index (κ1) is 17.3. The fourth-order valence-electron chi connectivity index (χ4n) is 2.81. The number of benzene rings is 2. The van der Waals surface area contributed by atoms with Gasteiger partial charge in [0, 0.05) is 12.5 Å². The fraction of sp³-hybridized carbons (Fsp3) is 0.381. The number of amides is 1. The van der Waals surface area contributed by atoms with E-state index in [0.29, 0.717) is 12.5 Å². The Morgan fingerprint density at radius 1 is 0.913 bits per heavy atom. The van der Waals surface area contributed by atoms with Crippen LogP contribution in [0, 0.1) is 11.8 Å². The van der Waals surface area contributed by atoms with E-state index in [2.05, 4.69) is 67.7 Å². The number of nitrogens with one attached hydrogen (secondary N) is 1. The van der Waals surface area contributed by atoms with Gasteiger partial charge < -0.3 is 5.32 Å². The molecule has 1 atom stereocenters. The predicted octanol–water partition coefficient (Wildman–Crippen LogP) is 4.69. The Morgan fingerprint density at radius 3 is 2.13 bits per heavy atom. The van der Waals surface area contributed by atoms with Gasteiger partial charge in [0.05, 0.1) is 0 Å². The Hall–Kier alpha value is -2.09. The Bertz CT molecular complexity index is 601. The van der Waals surface area contributed by atoms with Gasteiger partial charge in [0.2, 0.25) is 5.91 Å². The van der Waals surface area contributed by atoms with Gasteiger partial charge in [-0.05, 0) is 35.4 Å². The van der Waals surface area contributed by atoms with Crippen molar-refractivity contribution in [3.63, 3.8) is 0 Å². The molecule has 0 radical (unpaired) electrons. The first-order valence-electron chi connectivity index (χ1n) is 8.48. The zero-order valence-corrected chi connectivity index (χ0v) is 14.4. The summed E-state index contributed by atoms with van der Waals surface area (Å²) in [7, 11) is 0. The van der Waals surface area contributed by atoms with Gasteiger partial charge in [-0.25, -0.2) is 0 Å². The average Bonchev–Trinajstić information content (AvgIpc) is 2.55. The van der Waals surface area contributed by atoms with Crippen molar-refractivity contribution in [1.82, 2.24) is 5.32 Å². The summed E-state index contributed by atoms with van der Waals surface area (Å²) in [6.07, 6.45) is 1.81. The lowest BCUT2D eigenvalue weighted by Gasteiger charge is -2.14. The first-order chi connectivity index (χ1) is 11.1. The molecule has 2 aromatic carbocycles. The van der Waals surface area contributed by atoms with Crippen LogP contribution in [-0.2, 0) is 11.2 Å². The minimum atomic E-state index is 0.0930. The van der Waals surface area contributed by atoms with E-state index in [4.69, 9.17) is 0 Å². The molecule has 0 aliphatic rings. The van der Waals surface area contributed by atoms with Crippen LogP contribution in [0.5, 0.6) is 0 Å². The third-order valence-electron chi connectivity index (χ3n) is 4.05. The van der Waals surface area contributed by atoms with Crippen molar-refractivity contribution >= 4 is 5.91 Å². The molecule has 1 N–H and O–H groups in total. The highest BCUT2D eigenvalue weighted by molar-refractivity contribution is 5.78. The van der Waals surface area contributed by atoms with E-state index in [9.17, 15) is 4.79 Å². The van der Waals surface area contributed by atoms with Crippen LogP contribution in [0.15, 0.2) is 54.6 Å². The lowest BCUT2D eigenvalue weighted by Crippen LogP contribution is -2.31. The van der Waals surface area contributed by atoms with Crippen LogP contribution in [0.3, 0.4) is 0 Å². The van der Waals surface area contributed by atoms with Gasteiger partial charge in [0.15, 0.2) is 0 Å². The maximum atomic E-state index is 12.0. The second-order valence-corrected chi connectivity index (χ2v) is 6.63. The average molecular weight is 309 g/mol. The van der Waals surface area contributed by atoms with Crippen LogP contribution >= 0.6 is 0 Å². The van der Waals surface area contributed by atoms with Gasteiger partial charge in [-0.2, -0.15) is 0 Å². The second-order valence-electron chi connectivity index (χ2n) is 6.63. The zero-order chi connectivity index (χ0) is 16.7. The van der Waals surface area contributed by atoms with Crippen molar-refractivity contribution in [2.45, 2.75) is 33.6 Å². The van der Waals surface area contributed by atoms with Gasteiger partial charge in [0.1, 0.15) is 0 Å². The van der Waals surface area contributed by atoms with Crippen LogP contribution in [0.4, 0.5) is 0 Å². The lowest BCUT2D eigenvalue weighted by atomic mass is 9.98. The Kier molecular flexibility index (Phi) is 6.40. The summed E-state index contributed by atoms with van der Waals surface area (Å²) in [4.78, 5) is 12.0. The molecule has 2 aromatic rings. The first-order valence-corrected chi connectivity index (χ1v) is 8.48. The largest absolute Gasteiger partial charge is 0.356 e. The summed E-state index contributed by atoms with van der Waals surface area (Å²) in [5.74, 6) is 0.816. The number of rotatable bonds is 7. The molecule has 2 nitrogen and oxygen atoms in total. The molecule has 0 heterocycles. The van der Waals surface area contributed by atoms with E-state index in [0.717, 1.165) is 12.8 Å². The van der Waals surface area contributed by atoms with Crippen LogP contribution in [0.25, 0.3) is 11.1 Å². The molecular formula is C21H27NO. The van der Waals surface area contributed by atoms with Gasteiger partial charge in [0.25, 0.3) is 0 Å². The van der Waals surface area contributed by atoms with Crippen molar-refractivity contribution in [2.75, 3.05) is 6.54 Å². The highest BCUT2D eigenvalue weighted by Gasteiger charge is 2.13. The van der Waals surface area contributed by atoms with Crippen molar-refractivity contribution in [2.24, 2.45) is 11.8 Å². The molecule has 0 saturated heterocycles. The molecule has 0 spiro atoms. The van der Waals surface area contributed by atoms with Crippen molar-refractivity contribution < 1.29 is 4.79 Å². The lowest BCUT2D eigenvalue weighted by molar-refractivity contribution is -0.124. The quantitative estimate of drug-likeness (QED) is 0.789. The Balaban J connectivity index is 1.82. The molecule has 0 bridgehead atoms. The smallest absolute Gasteiger partial charge is 0.222 e. The summed E-state index contributed by atoms with van der Waals surface area (Å²) in [5.41, 5.74) is 3.71. The molecule has 0 aliphatic heterocycles. The predicted molar refractivity (Wildman–Crippen MR) is 97.2 cm³/mol. The van der Waals surface area contributed by atoms with Gasteiger partial charge in [-0.15, -0.1) is 0 Å². The maximum Gasteiger partial charge on any atom is 0.222 e. The highest BCUT2D eigenvalue weighted by atomic mass is 16.1. The third kappa shape index (κ3) is 5.55. The minimum Gasteiger partial charge on any atom is -0.356 e. The molecule has 0 aromatic heterocycles. The molecule has 0 saturated carbocycles. The summed E-state index contributed by atoms with van der Waals surface area (Å²) in [5, 5.41) is 3.04. The standard InChI is InChI=1S/C21H27NO/c1-16(2)15-17(3)21(23)22-14-13-18-9-11-20(12-10-18)19-7-5-4-6-8-19/h4-12,16-17H,13-15H2,1-3H3,(H,22,23)/t17-/m0/s1. The van der Waals surface area contributed by atoms with Crippen molar-refractivity contribution in [3.8, 4) is 11.1 Å². The minimum absolute atomic E-state index is 0.0930. The second kappa shape index (κ2) is 8.52. The van der Waals surface area contributed by atoms with Crippen LogP contribution < -0.4 is 5.32 Å². The van der Waals surface area contributed by atoms with E-state index >= 15 is 0 Å². The molecule has 122 valence electrons. The van der Waals surface area contributed by atoms with Gasteiger partial charge in [-0.1, -0.05) is 75.4 Å². The van der Waals surface area contributed by atoms with E-state index in [1.165, 1.54) is 16.7 Å². The summed E-state index contributed by atoms with van der Waals surface area (Å²) in [6.45, 7) is 7.01. The Morgan fingerprint density at radius 2 is 1.52 bits per heavy atom. The van der Waals surface area contributed by atoms with Gasteiger partial charge >= 0.3 is 0 Å². The third-order valence-corrected chi connectivity index (χ3v) is 4.05.